The number of rotatable bonds is 1. The van der Waals surface area contributed by atoms with Gasteiger partial charge < -0.3 is 9.66 Å². The van der Waals surface area contributed by atoms with E-state index in [0.717, 1.165) is 0 Å². The summed E-state index contributed by atoms with van der Waals surface area (Å²) in [6.07, 6.45) is 0. The molecule has 6 heavy (non-hydrogen) atoms. The predicted molar refractivity (Wildman–Crippen MR) is 16.0 cm³/mol. The van der Waals surface area contributed by atoms with Crippen LogP contribution in [-0.2, 0) is 11.1 Å². The Morgan fingerprint density at radius 1 is 1.83 bits per heavy atom. The molecule has 0 heterocycles. The first-order valence-corrected chi connectivity index (χ1v) is 2.18. The molecule has 0 radical (unpaired) electrons. The van der Waals surface area contributed by atoms with Crippen LogP contribution in [0.4, 0.5) is 0 Å². The van der Waals surface area contributed by atoms with E-state index < -0.39 is 17.0 Å². The van der Waals surface area contributed by atoms with Crippen LogP contribution >= 0.6 is 0 Å². The van der Waals surface area contributed by atoms with Crippen molar-refractivity contribution in [2.75, 3.05) is 5.94 Å². The second-order valence-electron chi connectivity index (χ2n) is 0.433. The van der Waals surface area contributed by atoms with Crippen LogP contribution in [0, 0.1) is 0 Å². The zero-order valence-electron chi connectivity index (χ0n) is 3.38. The summed E-state index contributed by atoms with van der Waals surface area (Å²) >= 11 is -2.27. The second-order valence-corrected chi connectivity index (χ2v) is 1.30. The third kappa shape index (κ3) is 8.82. The molecule has 32 valence electrons. The summed E-state index contributed by atoms with van der Waals surface area (Å²) in [5, 5.41) is 7.53. The van der Waals surface area contributed by atoms with Crippen molar-refractivity contribution in [2.45, 2.75) is 0 Å². The molecule has 0 spiro atoms. The molecular weight excluding hydrogens is 99.0 g/mol. The van der Waals surface area contributed by atoms with Crippen LogP contribution in [0.2, 0.25) is 0 Å². The Bertz CT molecular complexity index is 46.1. The Labute approximate surface area is 50.2 Å². The molecule has 1 atom stereocenters. The van der Waals surface area contributed by atoms with Crippen molar-refractivity contribution in [3.63, 3.8) is 0 Å². The van der Waals surface area contributed by atoms with Crippen LogP contribution in [0.25, 0.3) is 0 Å². The first-order chi connectivity index (χ1) is 2.27. The fraction of sp³-hybridized carbons (Fsp3) is 1.00. The topological polar surface area (TPSA) is 60.4 Å². The quantitative estimate of drug-likeness (QED) is 0.270. The van der Waals surface area contributed by atoms with Crippen LogP contribution in [-0.4, -0.2) is 19.8 Å². The van der Waals surface area contributed by atoms with Gasteiger partial charge in [-0.15, -0.1) is 0 Å². The first-order valence-electron chi connectivity index (χ1n) is 0.938. The normalized spacial score (nSPS) is 12.3. The van der Waals surface area contributed by atoms with Gasteiger partial charge in [-0.25, -0.2) is 0 Å². The van der Waals surface area contributed by atoms with E-state index in [1.165, 1.54) is 0 Å². The van der Waals surface area contributed by atoms with Crippen molar-refractivity contribution in [3.05, 3.63) is 0 Å². The summed E-state index contributed by atoms with van der Waals surface area (Å²) in [4.78, 5) is 0. The van der Waals surface area contributed by atoms with Crippen LogP contribution in [0.1, 0.15) is 0 Å². The molecule has 1 N–H and O–H groups in total. The van der Waals surface area contributed by atoms with Crippen molar-refractivity contribution in [2.24, 2.45) is 0 Å². The Morgan fingerprint density at radius 2 is 2.00 bits per heavy atom. The molecule has 0 saturated heterocycles. The molecule has 0 aliphatic carbocycles. The third-order valence-electron chi connectivity index (χ3n) is 0.105. The Kier molecular flexibility index (Phi) is 9.29. The van der Waals surface area contributed by atoms with Gasteiger partial charge in [-0.05, 0) is 11.1 Å². The molecule has 0 aromatic carbocycles. The van der Waals surface area contributed by atoms with Crippen molar-refractivity contribution in [1.82, 2.24) is 0 Å². The number of aliphatic hydroxyl groups excluding tert-OH is 1. The number of hydrogen-bond donors (Lipinski definition) is 1. The van der Waals surface area contributed by atoms with E-state index in [1.54, 1.807) is 0 Å². The summed E-state index contributed by atoms with van der Waals surface area (Å²) in [5.74, 6) is -0.778. The van der Waals surface area contributed by atoms with Crippen molar-refractivity contribution >= 4 is 11.1 Å². The van der Waals surface area contributed by atoms with Crippen molar-refractivity contribution in [1.29, 1.82) is 0 Å². The summed E-state index contributed by atoms with van der Waals surface area (Å²) in [7, 11) is 0. The fourth-order valence-electron chi connectivity index (χ4n) is 0. The van der Waals surface area contributed by atoms with Gasteiger partial charge in [0, 0.05) is 0 Å². The van der Waals surface area contributed by atoms with Crippen LogP contribution < -0.4 is 18.9 Å². The smallest absolute Gasteiger partial charge is 0.771 e. The van der Waals surface area contributed by atoms with E-state index in [2.05, 4.69) is 0 Å². The minimum atomic E-state index is -2.27. The van der Waals surface area contributed by atoms with Gasteiger partial charge in [0.2, 0.25) is 0 Å². The van der Waals surface area contributed by atoms with Gasteiger partial charge in [-0.3, -0.25) is 4.21 Å². The van der Waals surface area contributed by atoms with Crippen molar-refractivity contribution < 1.29 is 32.7 Å². The molecule has 0 fully saturated rings. The number of hydrogen-bond acceptors (Lipinski definition) is 3. The van der Waals surface area contributed by atoms with Crippen LogP contribution in [0.5, 0.6) is 0 Å². The van der Waals surface area contributed by atoms with Gasteiger partial charge in [0.15, 0.2) is 0 Å². The fourth-order valence-corrected chi connectivity index (χ4v) is 0. The van der Waals surface area contributed by atoms with Crippen molar-refractivity contribution in [3.8, 4) is 0 Å². The van der Waals surface area contributed by atoms with E-state index in [1.807, 2.05) is 0 Å². The average Bonchev–Trinajstić information content (AvgIpc) is 1.38. The predicted octanol–water partition coefficient (Wildman–Crippen LogP) is -4.18. The van der Waals surface area contributed by atoms with E-state index in [0.29, 0.717) is 0 Å². The zero-order valence-corrected chi connectivity index (χ0v) is 4.20. The summed E-state index contributed by atoms with van der Waals surface area (Å²) in [5.41, 5.74) is 0. The van der Waals surface area contributed by atoms with Gasteiger partial charge in [0.25, 0.3) is 0 Å². The first kappa shape index (κ1) is 9.83. The molecule has 0 aliphatic rings. The third-order valence-corrected chi connectivity index (χ3v) is 0.316. The Balaban J connectivity index is 0. The molecule has 0 aromatic rings. The van der Waals surface area contributed by atoms with Crippen LogP contribution in [0.15, 0.2) is 0 Å². The zero-order chi connectivity index (χ0) is 4.28. The maximum atomic E-state index is 9.12. The molecule has 0 rings (SSSR count). The van der Waals surface area contributed by atoms with E-state index >= 15 is 0 Å². The standard InChI is InChI=1S/CH4O3S.Li/c2-1-5(3)4;/h2H,1H2,(H,3,4);/q;+1/p-1. The minimum Gasteiger partial charge on any atom is -0.771 e. The maximum absolute atomic E-state index is 9.12. The number of aliphatic hydroxyl groups is 1. The average molecular weight is 102 g/mol. The SMILES string of the molecule is O=S([O-])CO.[Li+]. The summed E-state index contributed by atoms with van der Waals surface area (Å²) in [6, 6.07) is 0. The largest absolute Gasteiger partial charge is 1.00 e. The summed E-state index contributed by atoms with van der Waals surface area (Å²) in [6.45, 7) is 0. The molecule has 1 unspecified atom stereocenters. The molecule has 0 amide bonds. The van der Waals surface area contributed by atoms with Crippen LogP contribution in [0.3, 0.4) is 0 Å². The molecule has 0 bridgehead atoms. The molecule has 0 aromatic heterocycles. The van der Waals surface area contributed by atoms with E-state index in [4.69, 9.17) is 13.9 Å². The molecule has 0 aliphatic heterocycles. The van der Waals surface area contributed by atoms with Gasteiger partial charge in [0.1, 0.15) is 5.94 Å². The molecular formula is CH3LiO3S. The summed E-state index contributed by atoms with van der Waals surface area (Å²) < 4.78 is 18.2. The van der Waals surface area contributed by atoms with E-state index in [-0.39, 0.29) is 18.9 Å². The minimum absolute atomic E-state index is 0. The maximum Gasteiger partial charge on any atom is 1.00 e. The van der Waals surface area contributed by atoms with E-state index in [9.17, 15) is 0 Å². The molecule has 3 nitrogen and oxygen atoms in total. The Morgan fingerprint density at radius 3 is 2.00 bits per heavy atom. The van der Waals surface area contributed by atoms with Gasteiger partial charge >= 0.3 is 18.9 Å². The molecule has 5 heteroatoms. The Hall–Kier alpha value is 0.667. The molecule has 0 saturated carbocycles. The van der Waals surface area contributed by atoms with Gasteiger partial charge in [0.05, 0.1) is 0 Å². The van der Waals surface area contributed by atoms with Gasteiger partial charge in [-0.1, -0.05) is 0 Å². The van der Waals surface area contributed by atoms with Gasteiger partial charge in [-0.2, -0.15) is 0 Å². The monoisotopic (exact) mass is 102 g/mol. The second kappa shape index (κ2) is 5.67.